The van der Waals surface area contributed by atoms with Crippen LogP contribution in [0.25, 0.3) is 11.3 Å². The molecule has 0 spiro atoms. The van der Waals surface area contributed by atoms with Crippen LogP contribution in [0.3, 0.4) is 0 Å². The summed E-state index contributed by atoms with van der Waals surface area (Å²) in [7, 11) is 0. The van der Waals surface area contributed by atoms with Crippen LogP contribution in [0.5, 0.6) is 0 Å². The minimum Gasteiger partial charge on any atom is -0.356 e. The van der Waals surface area contributed by atoms with E-state index in [0.29, 0.717) is 21.3 Å². The molecule has 1 aromatic carbocycles. The van der Waals surface area contributed by atoms with Crippen molar-refractivity contribution in [3.05, 3.63) is 62.2 Å². The largest absolute Gasteiger partial charge is 0.356 e. The first-order chi connectivity index (χ1) is 12.0. The number of carbonyl (C=O) groups excluding carboxylic acids is 1. The van der Waals surface area contributed by atoms with Crippen molar-refractivity contribution >= 4 is 40.4 Å². The summed E-state index contributed by atoms with van der Waals surface area (Å²) in [6.45, 7) is 1.85. The summed E-state index contributed by atoms with van der Waals surface area (Å²) in [6.07, 6.45) is 1.49. The van der Waals surface area contributed by atoms with Crippen LogP contribution < -0.4 is 5.32 Å². The predicted octanol–water partition coefficient (Wildman–Crippen LogP) is 4.81. The van der Waals surface area contributed by atoms with Gasteiger partial charge in [0.15, 0.2) is 0 Å². The van der Waals surface area contributed by atoms with Gasteiger partial charge in [0, 0.05) is 22.2 Å². The summed E-state index contributed by atoms with van der Waals surface area (Å²) in [6, 6.07) is 8.43. The summed E-state index contributed by atoms with van der Waals surface area (Å²) in [5, 5.41) is 15.4. The lowest BCUT2D eigenvalue weighted by Crippen LogP contribution is -2.26. The Labute approximate surface area is 158 Å². The van der Waals surface area contributed by atoms with Crippen molar-refractivity contribution in [2.45, 2.75) is 13.0 Å². The normalized spacial score (nSPS) is 11.8. The molecule has 0 bridgehead atoms. The van der Waals surface area contributed by atoms with Gasteiger partial charge in [-0.1, -0.05) is 23.2 Å². The van der Waals surface area contributed by atoms with E-state index < -0.39 is 0 Å². The number of carbonyl (C=O) groups is 1. The second-order valence-corrected chi connectivity index (χ2v) is 7.04. The SMILES string of the molecule is CC(NC(=O)c1cc(C#N)c[nH]1)c1nc(-c2ccc(Cl)cc2Cl)cs1. The Kier molecular flexibility index (Phi) is 5.09. The molecule has 1 atom stereocenters. The zero-order valence-corrected chi connectivity index (χ0v) is 15.3. The van der Waals surface area contributed by atoms with Gasteiger partial charge in [0.1, 0.15) is 16.8 Å². The molecule has 0 saturated heterocycles. The van der Waals surface area contributed by atoms with Crippen LogP contribution in [0.4, 0.5) is 0 Å². The number of nitriles is 1. The first kappa shape index (κ1) is 17.5. The number of halogens is 2. The molecule has 1 unspecified atom stereocenters. The Morgan fingerprint density at radius 3 is 2.88 bits per heavy atom. The number of aromatic amines is 1. The summed E-state index contributed by atoms with van der Waals surface area (Å²) in [4.78, 5) is 19.5. The highest BCUT2D eigenvalue weighted by atomic mass is 35.5. The molecule has 0 fully saturated rings. The van der Waals surface area contributed by atoms with E-state index in [2.05, 4.69) is 15.3 Å². The van der Waals surface area contributed by atoms with Gasteiger partial charge in [0.25, 0.3) is 5.91 Å². The van der Waals surface area contributed by atoms with Crippen molar-refractivity contribution in [3.8, 4) is 17.3 Å². The second-order valence-electron chi connectivity index (χ2n) is 5.30. The highest BCUT2D eigenvalue weighted by molar-refractivity contribution is 7.10. The Morgan fingerprint density at radius 2 is 2.20 bits per heavy atom. The first-order valence-electron chi connectivity index (χ1n) is 7.28. The molecule has 2 N–H and O–H groups in total. The van der Waals surface area contributed by atoms with Crippen molar-refractivity contribution in [3.63, 3.8) is 0 Å². The zero-order chi connectivity index (χ0) is 18.0. The van der Waals surface area contributed by atoms with Crippen LogP contribution in [0.1, 0.15) is 34.0 Å². The predicted molar refractivity (Wildman–Crippen MR) is 99.0 cm³/mol. The number of H-pyrrole nitrogens is 1. The lowest BCUT2D eigenvalue weighted by molar-refractivity contribution is 0.0935. The van der Waals surface area contributed by atoms with E-state index in [-0.39, 0.29) is 11.9 Å². The third-order valence-electron chi connectivity index (χ3n) is 3.50. The van der Waals surface area contributed by atoms with E-state index in [0.717, 1.165) is 16.3 Å². The minimum absolute atomic E-state index is 0.286. The molecule has 126 valence electrons. The number of aromatic nitrogens is 2. The van der Waals surface area contributed by atoms with Gasteiger partial charge in [-0.25, -0.2) is 4.98 Å². The van der Waals surface area contributed by atoms with Crippen LogP contribution in [0.2, 0.25) is 10.0 Å². The molecule has 5 nitrogen and oxygen atoms in total. The number of nitrogens with one attached hydrogen (secondary N) is 2. The van der Waals surface area contributed by atoms with Gasteiger partial charge in [-0.15, -0.1) is 11.3 Å². The highest BCUT2D eigenvalue weighted by Crippen LogP contribution is 2.32. The van der Waals surface area contributed by atoms with E-state index in [1.807, 2.05) is 24.4 Å². The molecule has 0 aliphatic rings. The van der Waals surface area contributed by atoms with E-state index in [1.54, 1.807) is 12.1 Å². The standard InChI is InChI=1S/C17H12Cl2N4OS/c1-9(22-16(24)14-4-10(6-20)7-21-14)17-23-15(8-25-17)12-3-2-11(18)5-13(12)19/h2-5,7-9,21H,1H3,(H,22,24). The first-order valence-corrected chi connectivity index (χ1v) is 8.91. The van der Waals surface area contributed by atoms with Crippen molar-refractivity contribution in [1.82, 2.24) is 15.3 Å². The zero-order valence-electron chi connectivity index (χ0n) is 13.0. The average molecular weight is 391 g/mol. The van der Waals surface area contributed by atoms with Crippen molar-refractivity contribution in [2.24, 2.45) is 0 Å². The Bertz CT molecular complexity index is 973. The maximum absolute atomic E-state index is 12.2. The number of thiazole rings is 1. The molecule has 0 aliphatic heterocycles. The number of hydrogen-bond donors (Lipinski definition) is 2. The van der Waals surface area contributed by atoms with E-state index in [9.17, 15) is 4.79 Å². The molecule has 25 heavy (non-hydrogen) atoms. The number of hydrogen-bond acceptors (Lipinski definition) is 4. The van der Waals surface area contributed by atoms with Crippen molar-refractivity contribution in [2.75, 3.05) is 0 Å². The minimum atomic E-state index is -0.296. The lowest BCUT2D eigenvalue weighted by Gasteiger charge is -2.10. The number of rotatable bonds is 4. The third kappa shape index (κ3) is 3.85. The summed E-state index contributed by atoms with van der Waals surface area (Å²) in [5.41, 5.74) is 2.26. The topological polar surface area (TPSA) is 81.6 Å². The van der Waals surface area contributed by atoms with Crippen LogP contribution in [-0.2, 0) is 0 Å². The summed E-state index contributed by atoms with van der Waals surface area (Å²) in [5.74, 6) is -0.296. The Hall–Kier alpha value is -2.33. The Balaban J connectivity index is 1.75. The third-order valence-corrected chi connectivity index (χ3v) is 5.08. The van der Waals surface area contributed by atoms with E-state index in [4.69, 9.17) is 28.5 Å². The number of benzene rings is 1. The molecule has 0 aliphatic carbocycles. The maximum Gasteiger partial charge on any atom is 0.268 e. The number of amides is 1. The van der Waals surface area contributed by atoms with Crippen molar-refractivity contribution in [1.29, 1.82) is 5.26 Å². The molecule has 1 amide bonds. The fraction of sp³-hybridized carbons (Fsp3) is 0.118. The molecule has 2 aromatic heterocycles. The molecular weight excluding hydrogens is 379 g/mol. The molecule has 3 aromatic rings. The monoisotopic (exact) mass is 390 g/mol. The maximum atomic E-state index is 12.2. The van der Waals surface area contributed by atoms with Gasteiger partial charge < -0.3 is 10.3 Å². The quantitative estimate of drug-likeness (QED) is 0.670. The highest BCUT2D eigenvalue weighted by Gasteiger charge is 2.17. The lowest BCUT2D eigenvalue weighted by atomic mass is 10.2. The molecule has 2 heterocycles. The van der Waals surface area contributed by atoms with Gasteiger partial charge >= 0.3 is 0 Å². The van der Waals surface area contributed by atoms with Crippen molar-refractivity contribution < 1.29 is 4.79 Å². The molecule has 3 rings (SSSR count). The van der Waals surface area contributed by atoms with Crippen LogP contribution in [-0.4, -0.2) is 15.9 Å². The van der Waals surface area contributed by atoms with E-state index in [1.165, 1.54) is 23.6 Å². The second kappa shape index (κ2) is 7.28. The van der Waals surface area contributed by atoms with Gasteiger partial charge in [0.2, 0.25) is 0 Å². The molecule has 0 radical (unpaired) electrons. The summed E-state index contributed by atoms with van der Waals surface area (Å²) >= 11 is 13.6. The van der Waals surface area contributed by atoms with Crippen LogP contribution >= 0.6 is 34.5 Å². The molecule has 8 heteroatoms. The van der Waals surface area contributed by atoms with Gasteiger partial charge in [0.05, 0.1) is 22.3 Å². The van der Waals surface area contributed by atoms with Crippen LogP contribution in [0, 0.1) is 11.3 Å². The smallest absolute Gasteiger partial charge is 0.268 e. The number of nitrogens with zero attached hydrogens (tertiary/aromatic N) is 2. The van der Waals surface area contributed by atoms with Gasteiger partial charge in [-0.3, -0.25) is 4.79 Å². The molecular formula is C17H12Cl2N4OS. The fourth-order valence-corrected chi connectivity index (χ4v) is 3.56. The van der Waals surface area contributed by atoms with Gasteiger partial charge in [-0.05, 0) is 31.2 Å². The Morgan fingerprint density at radius 1 is 1.40 bits per heavy atom. The van der Waals surface area contributed by atoms with E-state index >= 15 is 0 Å². The van der Waals surface area contributed by atoms with Crippen LogP contribution in [0.15, 0.2) is 35.8 Å². The van der Waals surface area contributed by atoms with Gasteiger partial charge in [-0.2, -0.15) is 5.26 Å². The fourth-order valence-electron chi connectivity index (χ4n) is 2.23. The average Bonchev–Trinajstić information content (AvgIpc) is 3.24. The molecule has 0 saturated carbocycles. The summed E-state index contributed by atoms with van der Waals surface area (Å²) < 4.78 is 0.